The van der Waals surface area contributed by atoms with Crippen molar-refractivity contribution >= 4 is 0 Å². The summed E-state index contributed by atoms with van der Waals surface area (Å²) in [5.74, 6) is 0.884. The number of aryl methyl sites for hydroxylation is 1. The van der Waals surface area contributed by atoms with Crippen LogP contribution >= 0.6 is 0 Å². The summed E-state index contributed by atoms with van der Waals surface area (Å²) < 4.78 is 7.42. The van der Waals surface area contributed by atoms with E-state index in [2.05, 4.69) is 12.0 Å². The Morgan fingerprint density at radius 1 is 1.21 bits per heavy atom. The van der Waals surface area contributed by atoms with Crippen molar-refractivity contribution in [3.8, 4) is 11.4 Å². The zero-order valence-corrected chi connectivity index (χ0v) is 11.8. The highest BCUT2D eigenvalue weighted by Crippen LogP contribution is 2.20. The number of rotatable bonds is 5. The molecule has 0 bridgehead atoms. The van der Waals surface area contributed by atoms with Crippen LogP contribution in [0, 0.1) is 13.8 Å². The molecule has 0 fully saturated rings. The summed E-state index contributed by atoms with van der Waals surface area (Å²) in [6.07, 6.45) is 0.870. The van der Waals surface area contributed by atoms with Crippen LogP contribution in [-0.4, -0.2) is 22.9 Å². The molecule has 0 aliphatic carbocycles. The zero-order chi connectivity index (χ0) is 13.8. The third-order valence-electron chi connectivity index (χ3n) is 3.23. The van der Waals surface area contributed by atoms with Crippen LogP contribution in [0.5, 0.6) is 5.75 Å². The van der Waals surface area contributed by atoms with Crippen LogP contribution in [0.3, 0.4) is 0 Å². The van der Waals surface area contributed by atoms with E-state index in [-0.39, 0.29) is 0 Å². The van der Waals surface area contributed by atoms with E-state index in [1.54, 1.807) is 0 Å². The van der Waals surface area contributed by atoms with Crippen LogP contribution in [0.2, 0.25) is 0 Å². The van der Waals surface area contributed by atoms with E-state index < -0.39 is 0 Å². The van der Waals surface area contributed by atoms with Gasteiger partial charge in [0.15, 0.2) is 0 Å². The fourth-order valence-corrected chi connectivity index (χ4v) is 2.28. The number of aromatic nitrogens is 2. The van der Waals surface area contributed by atoms with Gasteiger partial charge in [-0.05, 0) is 63.6 Å². The Hall–Kier alpha value is -1.81. The summed E-state index contributed by atoms with van der Waals surface area (Å²) in [5, 5.41) is 4.59. The lowest BCUT2D eigenvalue weighted by atomic mass is 10.1. The molecular weight excluding hydrogens is 238 g/mol. The van der Waals surface area contributed by atoms with Gasteiger partial charge in [-0.25, -0.2) is 4.68 Å². The van der Waals surface area contributed by atoms with Crippen molar-refractivity contribution in [2.75, 3.05) is 13.2 Å². The van der Waals surface area contributed by atoms with E-state index >= 15 is 0 Å². The van der Waals surface area contributed by atoms with Crippen molar-refractivity contribution in [2.24, 2.45) is 5.73 Å². The summed E-state index contributed by atoms with van der Waals surface area (Å²) in [5.41, 5.74) is 10.2. The number of hydrogen-bond acceptors (Lipinski definition) is 3. The Kier molecular flexibility index (Phi) is 4.22. The number of nitrogens with zero attached hydrogens (tertiary/aromatic N) is 2. The zero-order valence-electron chi connectivity index (χ0n) is 11.8. The molecular formula is C15H21N3O. The quantitative estimate of drug-likeness (QED) is 0.897. The largest absolute Gasteiger partial charge is 0.494 e. The highest BCUT2D eigenvalue weighted by atomic mass is 16.5. The molecule has 0 saturated heterocycles. The van der Waals surface area contributed by atoms with Gasteiger partial charge in [0.1, 0.15) is 5.75 Å². The second-order valence-corrected chi connectivity index (χ2v) is 4.53. The Morgan fingerprint density at radius 3 is 2.47 bits per heavy atom. The molecule has 2 N–H and O–H groups in total. The minimum absolute atomic E-state index is 0.649. The maximum atomic E-state index is 5.65. The molecule has 4 nitrogen and oxygen atoms in total. The van der Waals surface area contributed by atoms with E-state index in [4.69, 9.17) is 10.5 Å². The monoisotopic (exact) mass is 259 g/mol. The number of nitrogens with two attached hydrogens (primary N) is 1. The molecule has 19 heavy (non-hydrogen) atoms. The van der Waals surface area contributed by atoms with Crippen molar-refractivity contribution in [2.45, 2.75) is 27.2 Å². The third kappa shape index (κ3) is 2.79. The van der Waals surface area contributed by atoms with Crippen LogP contribution in [-0.2, 0) is 6.42 Å². The Morgan fingerprint density at radius 2 is 1.89 bits per heavy atom. The summed E-state index contributed by atoms with van der Waals surface area (Å²) in [6.45, 7) is 7.43. The second kappa shape index (κ2) is 5.89. The van der Waals surface area contributed by atoms with Crippen LogP contribution in [0.1, 0.15) is 23.9 Å². The fraction of sp³-hybridized carbons (Fsp3) is 0.400. The smallest absolute Gasteiger partial charge is 0.119 e. The first kappa shape index (κ1) is 13.6. The van der Waals surface area contributed by atoms with E-state index in [9.17, 15) is 0 Å². The average Bonchev–Trinajstić information content (AvgIpc) is 2.69. The van der Waals surface area contributed by atoms with Gasteiger partial charge < -0.3 is 10.5 Å². The molecule has 0 amide bonds. The average molecular weight is 259 g/mol. The SMILES string of the molecule is CCOc1ccc(-n2nc(C)c(CCN)c2C)cc1. The van der Waals surface area contributed by atoms with Gasteiger partial charge >= 0.3 is 0 Å². The van der Waals surface area contributed by atoms with Crippen molar-refractivity contribution in [1.82, 2.24) is 9.78 Å². The standard InChI is InChI=1S/C15H21N3O/c1-4-19-14-7-5-13(6-8-14)18-12(3)15(9-10-16)11(2)17-18/h5-8H,4,9-10,16H2,1-3H3. The van der Waals surface area contributed by atoms with Gasteiger partial charge in [0.05, 0.1) is 18.0 Å². The van der Waals surface area contributed by atoms with Crippen LogP contribution in [0.25, 0.3) is 5.69 Å². The Balaban J connectivity index is 2.33. The van der Waals surface area contributed by atoms with E-state index in [0.29, 0.717) is 13.2 Å². The minimum Gasteiger partial charge on any atom is -0.494 e. The summed E-state index contributed by atoms with van der Waals surface area (Å²) in [4.78, 5) is 0. The van der Waals surface area contributed by atoms with Crippen molar-refractivity contribution in [3.63, 3.8) is 0 Å². The molecule has 0 aliphatic heterocycles. The van der Waals surface area contributed by atoms with E-state index in [1.807, 2.05) is 42.8 Å². The first-order chi connectivity index (χ1) is 9.17. The first-order valence-corrected chi connectivity index (χ1v) is 6.65. The lowest BCUT2D eigenvalue weighted by Crippen LogP contribution is -2.05. The van der Waals surface area contributed by atoms with Gasteiger partial charge in [-0.15, -0.1) is 0 Å². The van der Waals surface area contributed by atoms with Gasteiger partial charge in [-0.3, -0.25) is 0 Å². The molecule has 0 aliphatic rings. The molecule has 1 heterocycles. The molecule has 0 atom stereocenters. The van der Waals surface area contributed by atoms with Gasteiger partial charge in [0, 0.05) is 5.69 Å². The lowest BCUT2D eigenvalue weighted by Gasteiger charge is -2.07. The molecule has 102 valence electrons. The number of hydrogen-bond donors (Lipinski definition) is 1. The molecule has 4 heteroatoms. The third-order valence-corrected chi connectivity index (χ3v) is 3.23. The van der Waals surface area contributed by atoms with E-state index in [1.165, 1.54) is 5.56 Å². The maximum Gasteiger partial charge on any atom is 0.119 e. The van der Waals surface area contributed by atoms with Crippen LogP contribution in [0.4, 0.5) is 0 Å². The van der Waals surface area contributed by atoms with Gasteiger partial charge in [-0.2, -0.15) is 5.10 Å². The van der Waals surface area contributed by atoms with Crippen LogP contribution < -0.4 is 10.5 Å². The minimum atomic E-state index is 0.649. The normalized spacial score (nSPS) is 10.7. The molecule has 0 spiro atoms. The number of benzene rings is 1. The summed E-state index contributed by atoms with van der Waals surface area (Å²) in [6, 6.07) is 7.99. The van der Waals surface area contributed by atoms with E-state index in [0.717, 1.165) is 29.2 Å². The topological polar surface area (TPSA) is 53.1 Å². The van der Waals surface area contributed by atoms with Gasteiger partial charge in [-0.1, -0.05) is 0 Å². The molecule has 0 saturated carbocycles. The Bertz CT molecular complexity index is 543. The van der Waals surface area contributed by atoms with Crippen molar-refractivity contribution in [3.05, 3.63) is 41.2 Å². The molecule has 1 aromatic carbocycles. The van der Waals surface area contributed by atoms with Crippen LogP contribution in [0.15, 0.2) is 24.3 Å². The Labute approximate surface area is 114 Å². The van der Waals surface area contributed by atoms with Crippen molar-refractivity contribution in [1.29, 1.82) is 0 Å². The predicted molar refractivity (Wildman–Crippen MR) is 77.0 cm³/mol. The molecule has 2 rings (SSSR count). The maximum absolute atomic E-state index is 5.65. The molecule has 0 radical (unpaired) electrons. The molecule has 0 unspecified atom stereocenters. The predicted octanol–water partition coefficient (Wildman–Crippen LogP) is 2.39. The fourth-order valence-electron chi connectivity index (χ4n) is 2.28. The molecule has 2 aromatic rings. The summed E-state index contributed by atoms with van der Waals surface area (Å²) >= 11 is 0. The second-order valence-electron chi connectivity index (χ2n) is 4.53. The number of ether oxygens (including phenoxy) is 1. The van der Waals surface area contributed by atoms with Gasteiger partial charge in [0.2, 0.25) is 0 Å². The highest BCUT2D eigenvalue weighted by molar-refractivity contribution is 5.40. The highest BCUT2D eigenvalue weighted by Gasteiger charge is 2.11. The van der Waals surface area contributed by atoms with Gasteiger partial charge in [0.25, 0.3) is 0 Å². The van der Waals surface area contributed by atoms with Crippen molar-refractivity contribution < 1.29 is 4.74 Å². The first-order valence-electron chi connectivity index (χ1n) is 6.65. The lowest BCUT2D eigenvalue weighted by molar-refractivity contribution is 0.340. The molecule has 1 aromatic heterocycles. The summed E-state index contributed by atoms with van der Waals surface area (Å²) in [7, 11) is 0.